The summed E-state index contributed by atoms with van der Waals surface area (Å²) in [6, 6.07) is 5.24. The largest absolute Gasteiger partial charge is 0.464 e. The second kappa shape index (κ2) is 8.83. The average Bonchev–Trinajstić information content (AvgIpc) is 3.13. The number of hydrogen-bond donors (Lipinski definition) is 3. The highest BCUT2D eigenvalue weighted by Crippen LogP contribution is 2.30. The van der Waals surface area contributed by atoms with E-state index in [1.54, 1.807) is 30.8 Å². The van der Waals surface area contributed by atoms with Gasteiger partial charge in [-0.2, -0.15) is 5.10 Å². The van der Waals surface area contributed by atoms with E-state index in [1.807, 2.05) is 18.2 Å². The summed E-state index contributed by atoms with van der Waals surface area (Å²) in [7, 11) is 0. The van der Waals surface area contributed by atoms with Crippen molar-refractivity contribution >= 4 is 73.9 Å². The number of ether oxygens (including phenoxy) is 1. The van der Waals surface area contributed by atoms with Crippen molar-refractivity contribution in [2.24, 2.45) is 0 Å². The molecule has 4 N–H and O–H groups in total. The Bertz CT molecular complexity index is 1080. The van der Waals surface area contributed by atoms with E-state index in [0.29, 0.717) is 35.2 Å². The standard InChI is InChI=1S/C18H20IN6O2P/c1-3-27-18(26)10(2)25-9-13-16(23-25)12-5-4-11(8-15(12)22-17(13)21)14(6-7-20)24-28-19/h4-10,20,24,28H,3H2,1-2H3,(H2,21,22)/b14-6-,20-7?. The number of allylic oxidation sites excluding steroid dienone is 1. The van der Waals surface area contributed by atoms with E-state index in [-0.39, 0.29) is 5.97 Å². The van der Waals surface area contributed by atoms with Crippen LogP contribution in [-0.4, -0.2) is 33.6 Å². The number of nitrogens with zero attached hydrogens (tertiary/aromatic N) is 3. The van der Waals surface area contributed by atoms with Gasteiger partial charge in [-0.15, -0.1) is 0 Å². The highest BCUT2D eigenvalue weighted by molar-refractivity contribution is 14.2. The van der Waals surface area contributed by atoms with Crippen molar-refractivity contribution in [3.8, 4) is 0 Å². The number of nitrogens with one attached hydrogen (secondary N) is 2. The van der Waals surface area contributed by atoms with Crippen molar-refractivity contribution in [3.05, 3.63) is 36.0 Å². The van der Waals surface area contributed by atoms with Gasteiger partial charge in [0.05, 0.1) is 17.5 Å². The molecule has 0 fully saturated rings. The summed E-state index contributed by atoms with van der Waals surface area (Å²) in [6.07, 6.45) is 5.14. The van der Waals surface area contributed by atoms with Crippen molar-refractivity contribution in [1.82, 2.24) is 19.9 Å². The second-order valence-electron chi connectivity index (χ2n) is 5.99. The van der Waals surface area contributed by atoms with E-state index >= 15 is 0 Å². The predicted molar refractivity (Wildman–Crippen MR) is 123 cm³/mol. The van der Waals surface area contributed by atoms with E-state index in [0.717, 1.165) is 16.6 Å². The minimum absolute atomic E-state index is 0.316. The Balaban J connectivity index is 2.12. The van der Waals surface area contributed by atoms with Gasteiger partial charge < -0.3 is 21.0 Å². The van der Waals surface area contributed by atoms with E-state index in [4.69, 9.17) is 15.9 Å². The number of nitrogen functional groups attached to an aromatic ring is 1. The zero-order valence-electron chi connectivity index (χ0n) is 15.4. The van der Waals surface area contributed by atoms with Crippen LogP contribution in [0.3, 0.4) is 0 Å². The summed E-state index contributed by atoms with van der Waals surface area (Å²) in [4.78, 5) is 16.6. The monoisotopic (exact) mass is 510 g/mol. The number of pyridine rings is 1. The molecule has 2 atom stereocenters. The Kier molecular flexibility index (Phi) is 6.46. The molecule has 3 rings (SSSR count). The number of carbonyl (C=O) groups excluding carboxylic acids is 1. The van der Waals surface area contributed by atoms with Crippen molar-refractivity contribution < 1.29 is 9.53 Å². The van der Waals surface area contributed by atoms with Crippen LogP contribution in [0.25, 0.3) is 27.5 Å². The van der Waals surface area contributed by atoms with Gasteiger partial charge >= 0.3 is 5.97 Å². The first-order valence-electron chi connectivity index (χ1n) is 8.57. The van der Waals surface area contributed by atoms with Crippen LogP contribution in [0.2, 0.25) is 0 Å². The highest BCUT2D eigenvalue weighted by atomic mass is 127. The maximum atomic E-state index is 12.1. The normalized spacial score (nSPS) is 13.3. The lowest BCUT2D eigenvalue weighted by atomic mass is 10.1. The van der Waals surface area contributed by atoms with Gasteiger partial charge in [0.25, 0.3) is 0 Å². The van der Waals surface area contributed by atoms with Crippen LogP contribution >= 0.6 is 28.4 Å². The molecule has 28 heavy (non-hydrogen) atoms. The summed E-state index contributed by atoms with van der Waals surface area (Å²) < 4.78 is 6.64. The second-order valence-corrected chi connectivity index (χ2v) is 8.05. The lowest BCUT2D eigenvalue weighted by Gasteiger charge is -2.10. The third-order valence-corrected chi connectivity index (χ3v) is 5.44. The molecule has 0 saturated carbocycles. The van der Waals surface area contributed by atoms with Crippen molar-refractivity contribution in [2.45, 2.75) is 19.9 Å². The fraction of sp³-hybridized carbons (Fsp3) is 0.222. The minimum Gasteiger partial charge on any atom is -0.464 e. The quantitative estimate of drug-likeness (QED) is 0.193. The number of carbonyl (C=O) groups is 1. The Morgan fingerprint density at radius 2 is 2.29 bits per heavy atom. The van der Waals surface area contributed by atoms with E-state index in [2.05, 4.69) is 37.2 Å². The zero-order chi connectivity index (χ0) is 20.3. The molecular formula is C18H20IN6O2P. The van der Waals surface area contributed by atoms with Crippen LogP contribution < -0.4 is 10.8 Å². The van der Waals surface area contributed by atoms with Crippen LogP contribution in [0.4, 0.5) is 5.82 Å². The summed E-state index contributed by atoms with van der Waals surface area (Å²) in [6.45, 7) is 3.82. The summed E-state index contributed by atoms with van der Waals surface area (Å²) in [5.74, 6) is 0.00354. The molecule has 2 aromatic heterocycles. The third kappa shape index (κ3) is 3.95. The molecule has 0 aliphatic rings. The average molecular weight is 510 g/mol. The Hall–Kier alpha value is -2.26. The van der Waals surface area contributed by atoms with Gasteiger partial charge in [0.2, 0.25) is 0 Å². The van der Waals surface area contributed by atoms with Crippen molar-refractivity contribution in [1.29, 1.82) is 5.41 Å². The molecule has 3 aromatic rings. The van der Waals surface area contributed by atoms with Crippen LogP contribution in [0, 0.1) is 5.41 Å². The fourth-order valence-electron chi connectivity index (χ4n) is 2.87. The topological polar surface area (TPSA) is 119 Å². The number of benzene rings is 1. The minimum atomic E-state index is -0.558. The molecule has 0 spiro atoms. The number of rotatable bonds is 7. The summed E-state index contributed by atoms with van der Waals surface area (Å²) in [5, 5.41) is 16.7. The number of esters is 1. The predicted octanol–water partition coefficient (Wildman–Crippen LogP) is 3.81. The van der Waals surface area contributed by atoms with Crippen molar-refractivity contribution in [3.63, 3.8) is 0 Å². The molecule has 146 valence electrons. The number of aromatic nitrogens is 3. The van der Waals surface area contributed by atoms with Crippen LogP contribution in [0.5, 0.6) is 0 Å². The molecule has 0 aliphatic heterocycles. The molecule has 2 heterocycles. The number of anilines is 1. The smallest absolute Gasteiger partial charge is 0.330 e. The van der Waals surface area contributed by atoms with Gasteiger partial charge in [0.1, 0.15) is 17.4 Å². The molecule has 0 radical (unpaired) electrons. The van der Waals surface area contributed by atoms with Gasteiger partial charge in [0.15, 0.2) is 0 Å². The SMILES string of the molecule is CCOC(=O)C(C)n1cc2c(N)nc3cc(/C(=C/C=N)NPI)ccc3c2n1. The molecule has 8 nitrogen and oxygen atoms in total. The van der Waals surface area contributed by atoms with Crippen molar-refractivity contribution in [2.75, 3.05) is 12.3 Å². The van der Waals surface area contributed by atoms with Crippen LogP contribution in [-0.2, 0) is 9.53 Å². The van der Waals surface area contributed by atoms with E-state index in [9.17, 15) is 4.79 Å². The maximum Gasteiger partial charge on any atom is 0.330 e. The molecular weight excluding hydrogens is 490 g/mol. The fourth-order valence-corrected chi connectivity index (χ4v) is 4.07. The Morgan fingerprint density at radius 1 is 1.50 bits per heavy atom. The molecule has 0 aliphatic carbocycles. The van der Waals surface area contributed by atoms with E-state index < -0.39 is 6.04 Å². The van der Waals surface area contributed by atoms with Gasteiger partial charge in [-0.05, 0) is 54.1 Å². The molecule has 0 bridgehead atoms. The third-order valence-electron chi connectivity index (χ3n) is 4.27. The van der Waals surface area contributed by atoms with Crippen LogP contribution in [0.1, 0.15) is 25.5 Å². The number of nitrogens with two attached hydrogens (primary N) is 1. The molecule has 10 heteroatoms. The summed E-state index contributed by atoms with van der Waals surface area (Å²) in [5.41, 5.74) is 9.30. The molecule has 1 aromatic carbocycles. The lowest BCUT2D eigenvalue weighted by Crippen LogP contribution is -2.19. The zero-order valence-corrected chi connectivity index (χ0v) is 18.5. The first kappa shape index (κ1) is 20.5. The van der Waals surface area contributed by atoms with Crippen LogP contribution in [0.15, 0.2) is 30.5 Å². The maximum absolute atomic E-state index is 12.1. The number of fused-ring (bicyclic) bond motifs is 3. The van der Waals surface area contributed by atoms with Gasteiger partial charge in [-0.25, -0.2) is 9.78 Å². The first-order chi connectivity index (χ1) is 13.5. The Labute approximate surface area is 176 Å². The first-order valence-corrected chi connectivity index (χ1v) is 12.7. The number of hydrogen-bond acceptors (Lipinski definition) is 7. The summed E-state index contributed by atoms with van der Waals surface area (Å²) >= 11 is 2.24. The van der Waals surface area contributed by atoms with Gasteiger partial charge in [-0.3, -0.25) is 4.68 Å². The molecule has 2 unspecified atom stereocenters. The number of halogens is 1. The molecule has 0 saturated heterocycles. The van der Waals surface area contributed by atoms with Gasteiger partial charge in [0, 0.05) is 35.4 Å². The van der Waals surface area contributed by atoms with Gasteiger partial charge in [-0.1, -0.05) is 6.07 Å². The Morgan fingerprint density at radius 3 is 2.96 bits per heavy atom. The lowest BCUT2D eigenvalue weighted by molar-refractivity contribution is -0.146. The highest BCUT2D eigenvalue weighted by Gasteiger charge is 2.20. The molecule has 0 amide bonds. The van der Waals surface area contributed by atoms with E-state index in [1.165, 1.54) is 6.21 Å².